The zero-order valence-corrected chi connectivity index (χ0v) is 16.4. The van der Waals surface area contributed by atoms with Gasteiger partial charge in [0.1, 0.15) is 11.1 Å². The number of carbonyl (C=O) groups is 1. The summed E-state index contributed by atoms with van der Waals surface area (Å²) >= 11 is 1.34. The van der Waals surface area contributed by atoms with Crippen molar-refractivity contribution in [3.05, 3.63) is 34.8 Å². The summed E-state index contributed by atoms with van der Waals surface area (Å²) in [7, 11) is 1.59. The van der Waals surface area contributed by atoms with Crippen molar-refractivity contribution >= 4 is 28.5 Å². The van der Waals surface area contributed by atoms with Crippen LogP contribution in [0.4, 0.5) is 5.13 Å². The maximum absolute atomic E-state index is 12.1. The van der Waals surface area contributed by atoms with Crippen LogP contribution in [0.15, 0.2) is 24.3 Å². The number of nitrogens with zero attached hydrogens (tertiary/aromatic N) is 2. The van der Waals surface area contributed by atoms with Gasteiger partial charge < -0.3 is 14.2 Å². The van der Waals surface area contributed by atoms with E-state index >= 15 is 0 Å². The van der Waals surface area contributed by atoms with Gasteiger partial charge in [0.2, 0.25) is 11.0 Å². The van der Waals surface area contributed by atoms with Gasteiger partial charge in [-0.1, -0.05) is 17.4 Å². The Morgan fingerprint density at radius 1 is 1.37 bits per heavy atom. The molecule has 27 heavy (non-hydrogen) atoms. The van der Waals surface area contributed by atoms with Crippen LogP contribution in [0.5, 0.6) is 11.5 Å². The molecule has 2 heterocycles. The molecular formula is C19H23N3O4S. The second-order valence-corrected chi connectivity index (χ2v) is 7.36. The molecule has 0 bridgehead atoms. The summed E-state index contributed by atoms with van der Waals surface area (Å²) in [5.41, 5.74) is 0.829. The summed E-state index contributed by atoms with van der Waals surface area (Å²) < 4.78 is 16.6. The average molecular weight is 389 g/mol. The number of hydrogen-bond donors (Lipinski definition) is 1. The number of aromatic nitrogens is 2. The van der Waals surface area contributed by atoms with Crippen molar-refractivity contribution in [1.82, 2.24) is 10.2 Å². The molecule has 2 aromatic rings. The molecular weight excluding hydrogens is 366 g/mol. The highest BCUT2D eigenvalue weighted by Crippen LogP contribution is 2.32. The van der Waals surface area contributed by atoms with Gasteiger partial charge in [0.25, 0.3) is 0 Å². The average Bonchev–Trinajstić information content (AvgIpc) is 3.32. The first-order chi connectivity index (χ1) is 13.0. The summed E-state index contributed by atoms with van der Waals surface area (Å²) in [6.45, 7) is 4.66. The highest BCUT2D eigenvalue weighted by molar-refractivity contribution is 7.15. The van der Waals surface area contributed by atoms with E-state index in [0.717, 1.165) is 30.0 Å². The van der Waals surface area contributed by atoms with Crippen LogP contribution in [-0.2, 0) is 9.53 Å². The third-order valence-electron chi connectivity index (χ3n) is 3.85. The lowest BCUT2D eigenvalue weighted by Crippen LogP contribution is -2.07. The minimum Gasteiger partial charge on any atom is -0.493 e. The molecule has 1 aliphatic rings. The molecule has 144 valence electrons. The summed E-state index contributed by atoms with van der Waals surface area (Å²) in [5, 5.41) is 12.1. The lowest BCUT2D eigenvalue weighted by molar-refractivity contribution is -0.111. The van der Waals surface area contributed by atoms with E-state index in [1.807, 2.05) is 32.0 Å². The normalized spacial score (nSPS) is 16.8. The minimum atomic E-state index is -0.272. The van der Waals surface area contributed by atoms with Crippen molar-refractivity contribution in [2.24, 2.45) is 0 Å². The first-order valence-electron chi connectivity index (χ1n) is 8.84. The van der Waals surface area contributed by atoms with Gasteiger partial charge in [-0.15, -0.1) is 10.2 Å². The molecule has 1 amide bonds. The molecule has 1 N–H and O–H groups in total. The maximum Gasteiger partial charge on any atom is 0.250 e. The Bertz CT molecular complexity index is 813. The SMILES string of the molecule is COc1cc(/C=C/C(=O)Nc2nnc(C3CCCO3)s2)ccc1OC(C)C. The molecule has 1 aromatic heterocycles. The van der Waals surface area contributed by atoms with Crippen LogP contribution in [0.1, 0.15) is 43.4 Å². The summed E-state index contributed by atoms with van der Waals surface area (Å²) in [5.74, 6) is 1.02. The first kappa shape index (κ1) is 19.3. The van der Waals surface area contributed by atoms with E-state index in [1.165, 1.54) is 17.4 Å². The topological polar surface area (TPSA) is 82.6 Å². The fraction of sp³-hybridized carbons (Fsp3) is 0.421. The number of carbonyl (C=O) groups excluding carboxylic acids is 1. The summed E-state index contributed by atoms with van der Waals surface area (Å²) in [4.78, 5) is 12.1. The molecule has 0 saturated carbocycles. The van der Waals surface area contributed by atoms with Crippen molar-refractivity contribution in [3.8, 4) is 11.5 Å². The van der Waals surface area contributed by atoms with Crippen LogP contribution >= 0.6 is 11.3 Å². The Balaban J connectivity index is 1.61. The third-order valence-corrected chi connectivity index (χ3v) is 4.78. The van der Waals surface area contributed by atoms with Crippen molar-refractivity contribution in [1.29, 1.82) is 0 Å². The Hall–Kier alpha value is -2.45. The monoisotopic (exact) mass is 389 g/mol. The highest BCUT2D eigenvalue weighted by atomic mass is 32.1. The van der Waals surface area contributed by atoms with Crippen LogP contribution < -0.4 is 14.8 Å². The molecule has 1 saturated heterocycles. The number of benzene rings is 1. The standard InChI is InChI=1S/C19H23N3O4S/c1-12(2)26-14-8-6-13(11-16(14)24-3)7-9-17(23)20-19-22-21-18(27-19)15-5-4-10-25-15/h6-9,11-12,15H,4-5,10H2,1-3H3,(H,20,22,23)/b9-7+. The van der Waals surface area contributed by atoms with E-state index in [2.05, 4.69) is 15.5 Å². The lowest BCUT2D eigenvalue weighted by atomic mass is 10.2. The molecule has 1 fully saturated rings. The Morgan fingerprint density at radius 2 is 2.22 bits per heavy atom. The van der Waals surface area contributed by atoms with Gasteiger partial charge in [-0.2, -0.15) is 0 Å². The van der Waals surface area contributed by atoms with Gasteiger partial charge in [-0.25, -0.2) is 0 Å². The van der Waals surface area contributed by atoms with E-state index in [1.54, 1.807) is 13.2 Å². The quantitative estimate of drug-likeness (QED) is 0.725. The molecule has 8 heteroatoms. The smallest absolute Gasteiger partial charge is 0.250 e. The summed E-state index contributed by atoms with van der Waals surface area (Å²) in [6, 6.07) is 5.52. The molecule has 0 radical (unpaired) electrons. The van der Waals surface area contributed by atoms with E-state index in [9.17, 15) is 4.79 Å². The highest BCUT2D eigenvalue weighted by Gasteiger charge is 2.22. The largest absolute Gasteiger partial charge is 0.493 e. The van der Waals surface area contributed by atoms with E-state index in [0.29, 0.717) is 16.6 Å². The molecule has 1 atom stereocenters. The lowest BCUT2D eigenvalue weighted by Gasteiger charge is -2.13. The Morgan fingerprint density at radius 3 is 2.93 bits per heavy atom. The summed E-state index contributed by atoms with van der Waals surface area (Å²) in [6.07, 6.45) is 5.18. The van der Waals surface area contributed by atoms with Crippen molar-refractivity contribution in [2.75, 3.05) is 19.0 Å². The van der Waals surface area contributed by atoms with Crippen LogP contribution in [0.25, 0.3) is 6.08 Å². The molecule has 1 unspecified atom stereocenters. The molecule has 0 aliphatic carbocycles. The number of hydrogen-bond acceptors (Lipinski definition) is 7. The number of ether oxygens (including phenoxy) is 3. The zero-order chi connectivity index (χ0) is 19.2. The van der Waals surface area contributed by atoms with Gasteiger partial charge >= 0.3 is 0 Å². The van der Waals surface area contributed by atoms with E-state index in [4.69, 9.17) is 14.2 Å². The molecule has 1 aromatic carbocycles. The van der Waals surface area contributed by atoms with Gasteiger partial charge in [0.05, 0.1) is 13.2 Å². The van der Waals surface area contributed by atoms with E-state index in [-0.39, 0.29) is 18.1 Å². The number of methoxy groups -OCH3 is 1. The van der Waals surface area contributed by atoms with Gasteiger partial charge in [0.15, 0.2) is 11.5 Å². The van der Waals surface area contributed by atoms with Crippen LogP contribution in [-0.4, -0.2) is 35.9 Å². The fourth-order valence-electron chi connectivity index (χ4n) is 2.65. The van der Waals surface area contributed by atoms with Gasteiger partial charge in [-0.05, 0) is 50.5 Å². The molecule has 0 spiro atoms. The van der Waals surface area contributed by atoms with Crippen LogP contribution in [0, 0.1) is 0 Å². The van der Waals surface area contributed by atoms with Crippen molar-refractivity contribution in [2.45, 2.75) is 38.9 Å². The number of rotatable bonds is 7. The second-order valence-electron chi connectivity index (χ2n) is 6.35. The van der Waals surface area contributed by atoms with E-state index < -0.39 is 0 Å². The van der Waals surface area contributed by atoms with Crippen LogP contribution in [0.2, 0.25) is 0 Å². The van der Waals surface area contributed by atoms with Crippen LogP contribution in [0.3, 0.4) is 0 Å². The molecule has 7 nitrogen and oxygen atoms in total. The Kier molecular flexibility index (Phi) is 6.41. The second kappa shape index (κ2) is 8.96. The molecule has 1 aliphatic heterocycles. The fourth-order valence-corrected chi connectivity index (χ4v) is 3.48. The number of amides is 1. The third kappa shape index (κ3) is 5.27. The van der Waals surface area contributed by atoms with Crippen molar-refractivity contribution in [3.63, 3.8) is 0 Å². The van der Waals surface area contributed by atoms with Gasteiger partial charge in [0, 0.05) is 12.7 Å². The molecule has 3 rings (SSSR count). The first-order valence-corrected chi connectivity index (χ1v) is 9.65. The predicted octanol–water partition coefficient (Wildman–Crippen LogP) is 3.84. The Labute approximate surface area is 162 Å². The maximum atomic E-state index is 12.1. The zero-order valence-electron chi connectivity index (χ0n) is 15.6. The minimum absolute atomic E-state index is 0.00253. The number of anilines is 1. The van der Waals surface area contributed by atoms with Gasteiger partial charge in [-0.3, -0.25) is 10.1 Å². The van der Waals surface area contributed by atoms with Crippen molar-refractivity contribution < 1.29 is 19.0 Å². The predicted molar refractivity (Wildman–Crippen MR) is 104 cm³/mol. The number of nitrogens with one attached hydrogen (secondary N) is 1.